The Morgan fingerprint density at radius 1 is 1.10 bits per heavy atom. The molecule has 164 valence electrons. The maximum absolute atomic E-state index is 13.8. The number of hydrogen-bond donors (Lipinski definition) is 1. The first kappa shape index (κ1) is 20.3. The van der Waals surface area contributed by atoms with Gasteiger partial charge in [-0.25, -0.2) is 0 Å². The number of amides is 2. The summed E-state index contributed by atoms with van der Waals surface area (Å²) in [5, 5.41) is 4.96. The highest BCUT2D eigenvalue weighted by atomic mass is 16.5. The van der Waals surface area contributed by atoms with E-state index in [4.69, 9.17) is 4.74 Å². The topological polar surface area (TPSA) is 58.6 Å². The molecule has 5 heteroatoms. The van der Waals surface area contributed by atoms with Gasteiger partial charge >= 0.3 is 0 Å². The van der Waals surface area contributed by atoms with Crippen molar-refractivity contribution >= 4 is 22.6 Å². The zero-order valence-corrected chi connectivity index (χ0v) is 18.7. The van der Waals surface area contributed by atoms with Crippen LogP contribution in [0.25, 0.3) is 10.8 Å². The number of likely N-dealkylation sites (tertiary alicyclic amines) is 1. The molecule has 3 fully saturated rings. The summed E-state index contributed by atoms with van der Waals surface area (Å²) in [6.45, 7) is 7.66. The fourth-order valence-corrected chi connectivity index (χ4v) is 6.00. The van der Waals surface area contributed by atoms with E-state index in [2.05, 4.69) is 31.0 Å². The SMILES string of the molecule is CC1(C)CC2CC(C)(CN2C(=O)c2cc3ccccc3cc2OCC(=O)NC2CC2)C1. The molecule has 2 aliphatic carbocycles. The molecule has 2 saturated carbocycles. The molecule has 2 amide bonds. The van der Waals surface area contributed by atoms with Crippen molar-refractivity contribution in [1.82, 2.24) is 10.2 Å². The molecule has 5 rings (SSSR count). The van der Waals surface area contributed by atoms with Gasteiger partial charge in [0, 0.05) is 18.6 Å². The molecule has 1 heterocycles. The van der Waals surface area contributed by atoms with Gasteiger partial charge in [0.25, 0.3) is 11.8 Å². The van der Waals surface area contributed by atoms with Crippen LogP contribution < -0.4 is 10.1 Å². The first-order valence-corrected chi connectivity index (χ1v) is 11.5. The van der Waals surface area contributed by atoms with E-state index in [1.807, 2.05) is 36.4 Å². The molecule has 1 N–H and O–H groups in total. The van der Waals surface area contributed by atoms with Gasteiger partial charge in [0.15, 0.2) is 6.61 Å². The van der Waals surface area contributed by atoms with Gasteiger partial charge in [0.05, 0.1) is 5.56 Å². The summed E-state index contributed by atoms with van der Waals surface area (Å²) in [5.74, 6) is 0.399. The van der Waals surface area contributed by atoms with Crippen molar-refractivity contribution in [2.24, 2.45) is 10.8 Å². The Labute approximate surface area is 184 Å². The largest absolute Gasteiger partial charge is 0.483 e. The third-order valence-electron chi connectivity index (χ3n) is 7.06. The lowest BCUT2D eigenvalue weighted by Crippen LogP contribution is -2.38. The standard InChI is InChI=1S/C26H32N2O3/c1-25(2)12-20-13-26(3,15-25)16-28(20)24(30)21-10-17-6-4-5-7-18(17)11-22(21)31-14-23(29)27-19-8-9-19/h4-7,10-11,19-20H,8-9,12-16H2,1-3H3,(H,27,29). The average Bonchev–Trinajstić information content (AvgIpc) is 3.47. The van der Waals surface area contributed by atoms with Crippen molar-refractivity contribution in [2.75, 3.05) is 13.2 Å². The molecule has 1 aliphatic heterocycles. The maximum Gasteiger partial charge on any atom is 0.258 e. The van der Waals surface area contributed by atoms with Crippen molar-refractivity contribution in [3.63, 3.8) is 0 Å². The van der Waals surface area contributed by atoms with Crippen molar-refractivity contribution < 1.29 is 14.3 Å². The van der Waals surface area contributed by atoms with Crippen LogP contribution in [0, 0.1) is 10.8 Å². The van der Waals surface area contributed by atoms with Gasteiger partial charge in [0.2, 0.25) is 0 Å². The molecular weight excluding hydrogens is 388 g/mol. The predicted octanol–water partition coefficient (Wildman–Crippen LogP) is 4.54. The van der Waals surface area contributed by atoms with Crippen LogP contribution in [0.15, 0.2) is 36.4 Å². The van der Waals surface area contributed by atoms with E-state index in [0.29, 0.717) is 17.4 Å². The fraction of sp³-hybridized carbons (Fsp3) is 0.538. The van der Waals surface area contributed by atoms with Gasteiger partial charge in [-0.1, -0.05) is 45.0 Å². The van der Waals surface area contributed by atoms with Crippen LogP contribution >= 0.6 is 0 Å². The molecule has 3 aliphatic rings. The molecule has 2 aromatic carbocycles. The number of hydrogen-bond acceptors (Lipinski definition) is 3. The quantitative estimate of drug-likeness (QED) is 0.773. The van der Waals surface area contributed by atoms with Crippen LogP contribution in [-0.4, -0.2) is 41.9 Å². The third-order valence-corrected chi connectivity index (χ3v) is 7.06. The molecule has 0 radical (unpaired) electrons. The number of carbonyl (C=O) groups excluding carboxylic acids is 2. The molecule has 2 unspecified atom stereocenters. The van der Waals surface area contributed by atoms with Crippen molar-refractivity contribution in [1.29, 1.82) is 0 Å². The normalized spacial score (nSPS) is 26.7. The van der Waals surface area contributed by atoms with Crippen molar-refractivity contribution in [3.8, 4) is 5.75 Å². The maximum atomic E-state index is 13.8. The first-order chi connectivity index (χ1) is 14.7. The zero-order valence-electron chi connectivity index (χ0n) is 18.7. The highest BCUT2D eigenvalue weighted by molar-refractivity contribution is 6.02. The number of benzene rings is 2. The summed E-state index contributed by atoms with van der Waals surface area (Å²) < 4.78 is 5.93. The van der Waals surface area contributed by atoms with E-state index in [0.717, 1.165) is 49.4 Å². The monoisotopic (exact) mass is 420 g/mol. The number of ether oxygens (including phenoxy) is 1. The Balaban J connectivity index is 1.44. The highest BCUT2D eigenvalue weighted by Crippen LogP contribution is 2.53. The van der Waals surface area contributed by atoms with Gasteiger partial charge in [-0.2, -0.15) is 0 Å². The number of fused-ring (bicyclic) bond motifs is 3. The second kappa shape index (κ2) is 7.25. The summed E-state index contributed by atoms with van der Waals surface area (Å²) in [5.41, 5.74) is 0.979. The number of carbonyl (C=O) groups is 2. The van der Waals surface area contributed by atoms with E-state index in [9.17, 15) is 9.59 Å². The van der Waals surface area contributed by atoms with Gasteiger partial charge in [0.1, 0.15) is 5.75 Å². The minimum Gasteiger partial charge on any atom is -0.483 e. The van der Waals surface area contributed by atoms with Gasteiger partial charge in [-0.15, -0.1) is 0 Å². The number of nitrogens with zero attached hydrogens (tertiary/aromatic N) is 1. The van der Waals surface area contributed by atoms with Crippen molar-refractivity contribution in [3.05, 3.63) is 42.0 Å². The van der Waals surface area contributed by atoms with Crippen LogP contribution in [0.3, 0.4) is 0 Å². The molecule has 0 aromatic heterocycles. The van der Waals surface area contributed by atoms with E-state index in [-0.39, 0.29) is 35.3 Å². The second-order valence-electron chi connectivity index (χ2n) is 11.0. The van der Waals surface area contributed by atoms with E-state index >= 15 is 0 Å². The Hall–Kier alpha value is -2.56. The lowest BCUT2D eigenvalue weighted by Gasteiger charge is -2.39. The summed E-state index contributed by atoms with van der Waals surface area (Å²) in [4.78, 5) is 28.1. The molecule has 2 atom stereocenters. The first-order valence-electron chi connectivity index (χ1n) is 11.5. The Morgan fingerprint density at radius 2 is 1.81 bits per heavy atom. The van der Waals surface area contributed by atoms with Crippen LogP contribution in [0.1, 0.15) is 63.2 Å². The lowest BCUT2D eigenvalue weighted by atomic mass is 9.65. The molecule has 2 aromatic rings. The minimum atomic E-state index is -0.125. The van der Waals surface area contributed by atoms with Crippen LogP contribution in [0.4, 0.5) is 0 Å². The lowest BCUT2D eigenvalue weighted by molar-refractivity contribution is -0.123. The van der Waals surface area contributed by atoms with Crippen molar-refractivity contribution in [2.45, 2.75) is 65.0 Å². The molecular formula is C26H32N2O3. The summed E-state index contributed by atoms with van der Waals surface area (Å²) in [6.07, 6.45) is 5.31. The summed E-state index contributed by atoms with van der Waals surface area (Å²) in [6, 6.07) is 12.4. The van der Waals surface area contributed by atoms with Gasteiger partial charge in [-0.05, 0) is 65.8 Å². The number of rotatable bonds is 5. The smallest absolute Gasteiger partial charge is 0.258 e. The van der Waals surface area contributed by atoms with Gasteiger partial charge in [-0.3, -0.25) is 9.59 Å². The molecule has 5 nitrogen and oxygen atoms in total. The zero-order chi connectivity index (χ0) is 21.8. The van der Waals surface area contributed by atoms with Gasteiger partial charge < -0.3 is 15.0 Å². The van der Waals surface area contributed by atoms with Crippen LogP contribution in [0.2, 0.25) is 0 Å². The molecule has 1 saturated heterocycles. The van der Waals surface area contributed by atoms with Crippen LogP contribution in [-0.2, 0) is 4.79 Å². The number of nitrogens with one attached hydrogen (secondary N) is 1. The predicted molar refractivity (Wildman–Crippen MR) is 121 cm³/mol. The van der Waals surface area contributed by atoms with Crippen LogP contribution in [0.5, 0.6) is 5.75 Å². The van der Waals surface area contributed by atoms with E-state index < -0.39 is 0 Å². The fourth-order valence-electron chi connectivity index (χ4n) is 6.00. The molecule has 2 bridgehead atoms. The third kappa shape index (κ3) is 4.15. The van der Waals surface area contributed by atoms with E-state index in [1.54, 1.807) is 0 Å². The summed E-state index contributed by atoms with van der Waals surface area (Å²) in [7, 11) is 0. The molecule has 0 spiro atoms. The Kier molecular flexibility index (Phi) is 4.76. The Morgan fingerprint density at radius 3 is 2.52 bits per heavy atom. The van der Waals surface area contributed by atoms with E-state index in [1.165, 1.54) is 0 Å². The highest BCUT2D eigenvalue weighted by Gasteiger charge is 2.51. The average molecular weight is 421 g/mol. The Bertz CT molecular complexity index is 1040. The second-order valence-corrected chi connectivity index (χ2v) is 11.0. The summed E-state index contributed by atoms with van der Waals surface area (Å²) >= 11 is 0. The molecule has 31 heavy (non-hydrogen) atoms. The minimum absolute atomic E-state index is 0.0229.